The molecule has 15 heavy (non-hydrogen) atoms. The fourth-order valence-electron chi connectivity index (χ4n) is 1.39. The first-order valence-electron chi connectivity index (χ1n) is 4.47. The van der Waals surface area contributed by atoms with Gasteiger partial charge in [-0.05, 0) is 19.1 Å². The van der Waals surface area contributed by atoms with Gasteiger partial charge in [0.25, 0.3) is 0 Å². The molecule has 1 N–H and O–H groups in total. The molecule has 0 saturated heterocycles. The van der Waals surface area contributed by atoms with E-state index < -0.39 is 6.09 Å². The number of cyclic esters (lactones) is 1. The van der Waals surface area contributed by atoms with Crippen LogP contribution in [0.1, 0.15) is 12.5 Å². The molecule has 2 rings (SSSR count). The van der Waals surface area contributed by atoms with Crippen molar-refractivity contribution < 1.29 is 9.53 Å². The Balaban J connectivity index is 2.35. The molecule has 0 fully saturated rings. The van der Waals surface area contributed by atoms with E-state index in [4.69, 9.17) is 16.3 Å². The number of nitrogens with one attached hydrogen (secondary N) is 1. The van der Waals surface area contributed by atoms with Crippen molar-refractivity contribution in [1.29, 1.82) is 0 Å². The summed E-state index contributed by atoms with van der Waals surface area (Å²) in [5.74, 6) is 0. The Labute approximate surface area is 91.9 Å². The molecule has 1 aromatic rings. The lowest BCUT2D eigenvalue weighted by atomic mass is 10.1. The third-order valence-electron chi connectivity index (χ3n) is 2.06. The minimum Gasteiger partial charge on any atom is -0.439 e. The van der Waals surface area contributed by atoms with Crippen molar-refractivity contribution in [3.63, 3.8) is 0 Å². The van der Waals surface area contributed by atoms with Gasteiger partial charge >= 0.3 is 6.09 Å². The largest absolute Gasteiger partial charge is 0.439 e. The maximum atomic E-state index is 10.9. The summed E-state index contributed by atoms with van der Waals surface area (Å²) in [5.41, 5.74) is 3.77. The number of rotatable bonds is 1. The Bertz CT molecular complexity index is 431. The van der Waals surface area contributed by atoms with Crippen LogP contribution < -0.4 is 5.43 Å². The van der Waals surface area contributed by atoms with Crippen molar-refractivity contribution in [1.82, 2.24) is 5.43 Å². The summed E-state index contributed by atoms with van der Waals surface area (Å²) in [6.07, 6.45) is -0.898. The third kappa shape index (κ3) is 2.10. The van der Waals surface area contributed by atoms with E-state index in [0.717, 1.165) is 5.56 Å². The van der Waals surface area contributed by atoms with E-state index in [-0.39, 0.29) is 6.10 Å². The molecular formula is C10H9ClN2O2. The van der Waals surface area contributed by atoms with Gasteiger partial charge in [-0.2, -0.15) is 5.10 Å². The number of nitrogens with zero attached hydrogens (tertiary/aromatic N) is 1. The molecule has 1 aliphatic heterocycles. The van der Waals surface area contributed by atoms with Crippen molar-refractivity contribution in [2.24, 2.45) is 5.10 Å². The number of hydrogen-bond donors (Lipinski definition) is 1. The van der Waals surface area contributed by atoms with E-state index in [1.807, 2.05) is 12.1 Å². The van der Waals surface area contributed by atoms with E-state index in [1.165, 1.54) is 0 Å². The molecule has 1 heterocycles. The molecule has 1 aromatic carbocycles. The maximum Gasteiger partial charge on any atom is 0.428 e. The topological polar surface area (TPSA) is 50.7 Å². The lowest BCUT2D eigenvalue weighted by Crippen LogP contribution is -2.37. The van der Waals surface area contributed by atoms with E-state index >= 15 is 0 Å². The van der Waals surface area contributed by atoms with Gasteiger partial charge in [0.15, 0.2) is 0 Å². The Morgan fingerprint density at radius 2 is 2.33 bits per heavy atom. The zero-order chi connectivity index (χ0) is 10.8. The predicted octanol–water partition coefficient (Wildman–Crippen LogP) is 2.17. The number of carbonyl (C=O) groups excluding carboxylic acids is 1. The van der Waals surface area contributed by atoms with Crippen LogP contribution in [0.4, 0.5) is 4.79 Å². The first-order valence-corrected chi connectivity index (χ1v) is 4.85. The van der Waals surface area contributed by atoms with Crippen LogP contribution in [0.2, 0.25) is 5.02 Å². The second-order valence-corrected chi connectivity index (χ2v) is 3.60. The van der Waals surface area contributed by atoms with Gasteiger partial charge < -0.3 is 4.74 Å². The Hall–Kier alpha value is -1.55. The summed E-state index contributed by atoms with van der Waals surface area (Å²) in [4.78, 5) is 10.9. The molecule has 78 valence electrons. The summed E-state index contributed by atoms with van der Waals surface area (Å²) >= 11 is 5.86. The summed E-state index contributed by atoms with van der Waals surface area (Å²) in [6.45, 7) is 1.76. The molecule has 4 nitrogen and oxygen atoms in total. The molecule has 0 aliphatic carbocycles. The van der Waals surface area contributed by atoms with Gasteiger partial charge in [0.1, 0.15) is 11.8 Å². The third-order valence-corrected chi connectivity index (χ3v) is 2.29. The van der Waals surface area contributed by atoms with Crippen molar-refractivity contribution in [2.75, 3.05) is 0 Å². The number of carbonyl (C=O) groups is 1. The van der Waals surface area contributed by atoms with E-state index in [1.54, 1.807) is 19.1 Å². The quantitative estimate of drug-likeness (QED) is 0.795. The van der Waals surface area contributed by atoms with Crippen LogP contribution >= 0.6 is 11.6 Å². The fraction of sp³-hybridized carbons (Fsp3) is 0.200. The van der Waals surface area contributed by atoms with Gasteiger partial charge in [-0.1, -0.05) is 23.7 Å². The number of hydrazone groups is 1. The molecule has 1 aliphatic rings. The monoisotopic (exact) mass is 224 g/mol. The average Bonchev–Trinajstić information content (AvgIpc) is 2.17. The van der Waals surface area contributed by atoms with Crippen molar-refractivity contribution in [2.45, 2.75) is 13.0 Å². The van der Waals surface area contributed by atoms with Crippen LogP contribution in [0.25, 0.3) is 0 Å². The molecule has 1 amide bonds. The summed E-state index contributed by atoms with van der Waals surface area (Å²) in [7, 11) is 0. The SMILES string of the molecule is CC1OC(=O)NN=C1c1cccc(Cl)c1. The molecule has 0 bridgehead atoms. The van der Waals surface area contributed by atoms with Gasteiger partial charge in [0.05, 0.1) is 0 Å². The second-order valence-electron chi connectivity index (χ2n) is 3.17. The molecule has 0 radical (unpaired) electrons. The van der Waals surface area contributed by atoms with E-state index in [0.29, 0.717) is 10.7 Å². The number of halogens is 1. The number of amides is 1. The van der Waals surface area contributed by atoms with E-state index in [9.17, 15) is 4.79 Å². The smallest absolute Gasteiger partial charge is 0.428 e. The first-order chi connectivity index (χ1) is 7.16. The van der Waals surface area contributed by atoms with Crippen LogP contribution in [0.5, 0.6) is 0 Å². The fourth-order valence-corrected chi connectivity index (χ4v) is 1.58. The minimum absolute atomic E-state index is 0.364. The number of hydrogen-bond acceptors (Lipinski definition) is 3. The van der Waals surface area contributed by atoms with Crippen LogP contribution in [0, 0.1) is 0 Å². The Kier molecular flexibility index (Phi) is 2.60. The van der Waals surface area contributed by atoms with Crippen molar-refractivity contribution >= 4 is 23.4 Å². The molecular weight excluding hydrogens is 216 g/mol. The Morgan fingerprint density at radius 3 is 3.00 bits per heavy atom. The molecule has 1 atom stereocenters. The molecule has 5 heteroatoms. The van der Waals surface area contributed by atoms with Gasteiger partial charge in [-0.15, -0.1) is 0 Å². The van der Waals surface area contributed by atoms with Gasteiger partial charge in [-0.25, -0.2) is 10.2 Å². The summed E-state index contributed by atoms with van der Waals surface area (Å²) < 4.78 is 4.97. The lowest BCUT2D eigenvalue weighted by molar-refractivity contribution is 0.127. The predicted molar refractivity (Wildman–Crippen MR) is 57.1 cm³/mol. The van der Waals surface area contributed by atoms with Gasteiger partial charge in [-0.3, -0.25) is 0 Å². The van der Waals surface area contributed by atoms with Crippen molar-refractivity contribution in [3.8, 4) is 0 Å². The molecule has 0 aromatic heterocycles. The molecule has 1 unspecified atom stereocenters. The summed E-state index contributed by atoms with van der Waals surface area (Å²) in [5, 5.41) is 4.56. The highest BCUT2D eigenvalue weighted by molar-refractivity contribution is 6.31. The molecule has 0 saturated carbocycles. The maximum absolute atomic E-state index is 10.9. The zero-order valence-corrected chi connectivity index (χ0v) is 8.78. The zero-order valence-electron chi connectivity index (χ0n) is 8.03. The van der Waals surface area contributed by atoms with Gasteiger partial charge in [0.2, 0.25) is 0 Å². The average molecular weight is 225 g/mol. The highest BCUT2D eigenvalue weighted by Crippen LogP contribution is 2.15. The van der Waals surface area contributed by atoms with Crippen LogP contribution in [-0.4, -0.2) is 17.9 Å². The number of ether oxygens (including phenoxy) is 1. The standard InChI is InChI=1S/C10H9ClN2O2/c1-6-9(12-13-10(14)15-6)7-3-2-4-8(11)5-7/h2-6H,1H3,(H,13,14). The highest BCUT2D eigenvalue weighted by Gasteiger charge is 2.22. The lowest BCUT2D eigenvalue weighted by Gasteiger charge is -2.20. The highest BCUT2D eigenvalue weighted by atomic mass is 35.5. The Morgan fingerprint density at radius 1 is 1.53 bits per heavy atom. The van der Waals surface area contributed by atoms with Crippen LogP contribution in [-0.2, 0) is 4.74 Å². The van der Waals surface area contributed by atoms with Crippen LogP contribution in [0.15, 0.2) is 29.4 Å². The van der Waals surface area contributed by atoms with E-state index in [2.05, 4.69) is 10.5 Å². The first kappa shape index (κ1) is 9.98. The van der Waals surface area contributed by atoms with Crippen molar-refractivity contribution in [3.05, 3.63) is 34.9 Å². The second kappa shape index (κ2) is 3.90. The minimum atomic E-state index is -0.534. The normalized spacial score (nSPS) is 20.3. The van der Waals surface area contributed by atoms with Gasteiger partial charge in [0, 0.05) is 10.6 Å². The number of benzene rings is 1. The summed E-state index contributed by atoms with van der Waals surface area (Å²) in [6, 6.07) is 7.24. The van der Waals surface area contributed by atoms with Crippen LogP contribution in [0.3, 0.4) is 0 Å². The molecule has 0 spiro atoms.